The van der Waals surface area contributed by atoms with Gasteiger partial charge in [-0.05, 0) is 20.8 Å². The van der Waals surface area contributed by atoms with E-state index in [-0.39, 0.29) is 12.0 Å². The Kier molecular flexibility index (Phi) is 7.35. The number of urea groups is 1. The summed E-state index contributed by atoms with van der Waals surface area (Å²) in [7, 11) is 3.37. The monoisotopic (exact) mass is 259 g/mol. The molecule has 0 unspecified atom stereocenters. The minimum Gasteiger partial charge on any atom is -0.460 e. The van der Waals surface area contributed by atoms with E-state index < -0.39 is 5.60 Å². The van der Waals surface area contributed by atoms with Crippen molar-refractivity contribution in [1.82, 2.24) is 15.5 Å². The standard InChI is InChI=1S/C12H25N3O3/c1-12(2,3)18-10(16)6-7-13-8-9-14-11(17)15(4)5/h13H,6-9H2,1-5H3,(H,14,17). The zero-order valence-corrected chi connectivity index (χ0v) is 12.0. The third-order valence-electron chi connectivity index (χ3n) is 1.91. The first kappa shape index (κ1) is 16.7. The summed E-state index contributed by atoms with van der Waals surface area (Å²) in [6.45, 7) is 7.24. The number of ether oxygens (including phenoxy) is 1. The van der Waals surface area contributed by atoms with Gasteiger partial charge in [-0.25, -0.2) is 4.79 Å². The predicted molar refractivity (Wildman–Crippen MR) is 70.4 cm³/mol. The van der Waals surface area contributed by atoms with Crippen LogP contribution in [0.5, 0.6) is 0 Å². The zero-order chi connectivity index (χ0) is 14.2. The maximum absolute atomic E-state index is 11.4. The molecule has 6 heteroatoms. The molecule has 0 radical (unpaired) electrons. The Bertz CT molecular complexity index is 272. The molecule has 0 saturated heterocycles. The van der Waals surface area contributed by atoms with E-state index in [1.807, 2.05) is 20.8 Å². The first-order valence-electron chi connectivity index (χ1n) is 6.10. The Hall–Kier alpha value is -1.30. The summed E-state index contributed by atoms with van der Waals surface area (Å²) in [6, 6.07) is -0.121. The lowest BCUT2D eigenvalue weighted by atomic mass is 10.2. The number of carbonyl (C=O) groups excluding carboxylic acids is 2. The third-order valence-corrected chi connectivity index (χ3v) is 1.91. The average molecular weight is 259 g/mol. The zero-order valence-electron chi connectivity index (χ0n) is 12.0. The van der Waals surface area contributed by atoms with Crippen LogP contribution in [-0.2, 0) is 9.53 Å². The first-order chi connectivity index (χ1) is 8.22. The Labute approximate surface area is 109 Å². The molecule has 0 aliphatic carbocycles. The van der Waals surface area contributed by atoms with Crippen molar-refractivity contribution in [2.75, 3.05) is 33.7 Å². The molecule has 0 aliphatic rings. The fraction of sp³-hybridized carbons (Fsp3) is 0.833. The average Bonchev–Trinajstić information content (AvgIpc) is 2.19. The Morgan fingerprint density at radius 2 is 1.72 bits per heavy atom. The number of amides is 2. The fourth-order valence-electron chi connectivity index (χ4n) is 1.12. The van der Waals surface area contributed by atoms with E-state index in [0.717, 1.165) is 0 Å². The Morgan fingerprint density at radius 3 is 2.22 bits per heavy atom. The van der Waals surface area contributed by atoms with Gasteiger partial charge in [0.1, 0.15) is 5.60 Å². The summed E-state index contributed by atoms with van der Waals surface area (Å²) in [5.41, 5.74) is -0.434. The molecule has 0 fully saturated rings. The van der Waals surface area contributed by atoms with Gasteiger partial charge < -0.3 is 20.3 Å². The lowest BCUT2D eigenvalue weighted by Crippen LogP contribution is -2.38. The molecule has 0 saturated carbocycles. The second-order valence-electron chi connectivity index (χ2n) is 5.21. The van der Waals surface area contributed by atoms with Gasteiger partial charge in [-0.1, -0.05) is 0 Å². The number of nitrogens with zero attached hydrogens (tertiary/aromatic N) is 1. The number of rotatable bonds is 6. The maximum atomic E-state index is 11.4. The van der Waals surface area contributed by atoms with Gasteiger partial charge in [-0.15, -0.1) is 0 Å². The van der Waals surface area contributed by atoms with Crippen molar-refractivity contribution in [3.05, 3.63) is 0 Å². The molecule has 0 aromatic carbocycles. The van der Waals surface area contributed by atoms with Crippen LogP contribution in [0.1, 0.15) is 27.2 Å². The van der Waals surface area contributed by atoms with Crippen molar-refractivity contribution in [2.24, 2.45) is 0 Å². The number of esters is 1. The highest BCUT2D eigenvalue weighted by atomic mass is 16.6. The van der Waals surface area contributed by atoms with Crippen LogP contribution >= 0.6 is 0 Å². The van der Waals surface area contributed by atoms with Gasteiger partial charge in [-0.2, -0.15) is 0 Å². The van der Waals surface area contributed by atoms with Crippen LogP contribution in [0.4, 0.5) is 4.79 Å². The molecule has 106 valence electrons. The smallest absolute Gasteiger partial charge is 0.316 e. The normalized spacial score (nSPS) is 10.9. The van der Waals surface area contributed by atoms with Crippen molar-refractivity contribution in [2.45, 2.75) is 32.8 Å². The van der Waals surface area contributed by atoms with Crippen molar-refractivity contribution in [3.8, 4) is 0 Å². The molecule has 0 aliphatic heterocycles. The van der Waals surface area contributed by atoms with E-state index in [0.29, 0.717) is 26.1 Å². The minimum atomic E-state index is -0.434. The van der Waals surface area contributed by atoms with Crippen LogP contribution in [0.3, 0.4) is 0 Å². The van der Waals surface area contributed by atoms with Gasteiger partial charge in [0.05, 0.1) is 6.42 Å². The van der Waals surface area contributed by atoms with E-state index in [1.54, 1.807) is 14.1 Å². The van der Waals surface area contributed by atoms with Gasteiger partial charge in [0, 0.05) is 33.7 Å². The maximum Gasteiger partial charge on any atom is 0.316 e. The highest BCUT2D eigenvalue weighted by Crippen LogP contribution is 2.07. The SMILES string of the molecule is CN(C)C(=O)NCCNCCC(=O)OC(C)(C)C. The molecule has 2 N–H and O–H groups in total. The van der Waals surface area contributed by atoms with Gasteiger partial charge in [0.25, 0.3) is 0 Å². The Morgan fingerprint density at radius 1 is 1.11 bits per heavy atom. The fourth-order valence-corrected chi connectivity index (χ4v) is 1.12. The molecule has 0 aromatic heterocycles. The van der Waals surface area contributed by atoms with Gasteiger partial charge >= 0.3 is 12.0 Å². The molecule has 0 aromatic rings. The molecule has 2 amide bonds. The lowest BCUT2D eigenvalue weighted by molar-refractivity contribution is -0.154. The van der Waals surface area contributed by atoms with E-state index in [4.69, 9.17) is 4.74 Å². The lowest BCUT2D eigenvalue weighted by Gasteiger charge is -2.19. The van der Waals surface area contributed by atoms with E-state index >= 15 is 0 Å². The number of hydrogen-bond donors (Lipinski definition) is 2. The molecule has 0 atom stereocenters. The first-order valence-corrected chi connectivity index (χ1v) is 6.10. The molecule has 0 rings (SSSR count). The number of nitrogens with one attached hydrogen (secondary N) is 2. The number of hydrogen-bond acceptors (Lipinski definition) is 4. The second-order valence-corrected chi connectivity index (χ2v) is 5.21. The molecule has 0 heterocycles. The highest BCUT2D eigenvalue weighted by molar-refractivity contribution is 5.73. The van der Waals surface area contributed by atoms with Crippen molar-refractivity contribution in [3.63, 3.8) is 0 Å². The van der Waals surface area contributed by atoms with Crippen molar-refractivity contribution in [1.29, 1.82) is 0 Å². The van der Waals surface area contributed by atoms with E-state index in [2.05, 4.69) is 10.6 Å². The van der Waals surface area contributed by atoms with E-state index in [9.17, 15) is 9.59 Å². The van der Waals surface area contributed by atoms with Crippen LogP contribution in [0.15, 0.2) is 0 Å². The summed E-state index contributed by atoms with van der Waals surface area (Å²) in [5.74, 6) is -0.215. The topological polar surface area (TPSA) is 70.7 Å². The molecule has 18 heavy (non-hydrogen) atoms. The van der Waals surface area contributed by atoms with Crippen LogP contribution in [0.2, 0.25) is 0 Å². The summed E-state index contributed by atoms with van der Waals surface area (Å²) >= 11 is 0. The summed E-state index contributed by atoms with van der Waals surface area (Å²) in [6.07, 6.45) is 0.332. The summed E-state index contributed by atoms with van der Waals surface area (Å²) in [5, 5.41) is 5.78. The minimum absolute atomic E-state index is 0.121. The molecular weight excluding hydrogens is 234 g/mol. The molecule has 6 nitrogen and oxygen atoms in total. The summed E-state index contributed by atoms with van der Waals surface area (Å²) < 4.78 is 5.16. The molecule has 0 bridgehead atoms. The number of carbonyl (C=O) groups is 2. The van der Waals surface area contributed by atoms with E-state index in [1.165, 1.54) is 4.90 Å². The van der Waals surface area contributed by atoms with Crippen molar-refractivity contribution >= 4 is 12.0 Å². The van der Waals surface area contributed by atoms with Crippen LogP contribution in [-0.4, -0.2) is 56.2 Å². The largest absolute Gasteiger partial charge is 0.460 e. The Balaban J connectivity index is 3.46. The van der Waals surface area contributed by atoms with Gasteiger partial charge in [0.15, 0.2) is 0 Å². The van der Waals surface area contributed by atoms with Crippen LogP contribution in [0, 0.1) is 0 Å². The molecule has 0 spiro atoms. The predicted octanol–water partition coefficient (Wildman–Crippen LogP) is 0.579. The quantitative estimate of drug-likeness (QED) is 0.541. The van der Waals surface area contributed by atoms with Gasteiger partial charge in [-0.3, -0.25) is 4.79 Å². The van der Waals surface area contributed by atoms with Crippen molar-refractivity contribution < 1.29 is 14.3 Å². The van der Waals surface area contributed by atoms with Crippen LogP contribution < -0.4 is 10.6 Å². The third kappa shape index (κ3) is 9.89. The van der Waals surface area contributed by atoms with Gasteiger partial charge in [0.2, 0.25) is 0 Å². The van der Waals surface area contributed by atoms with Crippen LogP contribution in [0.25, 0.3) is 0 Å². The highest BCUT2D eigenvalue weighted by Gasteiger charge is 2.15. The summed E-state index contributed by atoms with van der Waals surface area (Å²) in [4.78, 5) is 24.0. The molecular formula is C12H25N3O3. The second kappa shape index (κ2) is 7.92.